The Bertz CT molecular complexity index is 851. The molecule has 3 heteroatoms. The monoisotopic (exact) mass is 470 g/mol. The number of hydrogen-bond acceptors (Lipinski definition) is 3. The first-order valence-electron chi connectivity index (χ1n) is 14.2. The maximum Gasteiger partial charge on any atom is 0.302 e. The number of carbonyl (C=O) groups excluding carboxylic acids is 2. The van der Waals surface area contributed by atoms with Gasteiger partial charge in [0.2, 0.25) is 0 Å². The van der Waals surface area contributed by atoms with Gasteiger partial charge in [0.1, 0.15) is 11.9 Å². The number of Topliss-reactive ketones (excluding diaryl/α,β-unsaturated/α-hetero) is 1. The summed E-state index contributed by atoms with van der Waals surface area (Å²) < 4.78 is 5.84. The average Bonchev–Trinajstić information content (AvgIpc) is 3.11. The zero-order chi connectivity index (χ0) is 25.1. The van der Waals surface area contributed by atoms with Crippen molar-refractivity contribution in [3.05, 3.63) is 11.1 Å². The van der Waals surface area contributed by atoms with Gasteiger partial charge in [-0.25, -0.2) is 0 Å². The highest BCUT2D eigenvalue weighted by Crippen LogP contribution is 2.68. The average molecular weight is 471 g/mol. The van der Waals surface area contributed by atoms with E-state index in [2.05, 4.69) is 34.6 Å². The standard InChI is InChI=1S/C31H50O3/c1-19(2)26(33)13-9-20(3)23-11-12-24-22-10-14-27-29(5,6)28(34-21(4)32)16-18-31(27,8)25(22)15-17-30(23,24)7/h19-20,23-24,27-28H,9-18H2,1-8H3/t20-,23+,24-,27+,28+,30+,31+/m0/s1. The van der Waals surface area contributed by atoms with Crippen molar-refractivity contribution >= 4 is 11.8 Å². The Balaban J connectivity index is 1.56. The van der Waals surface area contributed by atoms with E-state index in [4.69, 9.17) is 4.74 Å². The molecule has 34 heavy (non-hydrogen) atoms. The zero-order valence-corrected chi connectivity index (χ0v) is 23.3. The molecule has 0 spiro atoms. The van der Waals surface area contributed by atoms with Crippen molar-refractivity contribution in [2.45, 2.75) is 126 Å². The van der Waals surface area contributed by atoms with Crippen molar-refractivity contribution in [2.24, 2.45) is 45.8 Å². The van der Waals surface area contributed by atoms with Gasteiger partial charge >= 0.3 is 5.97 Å². The molecular weight excluding hydrogens is 420 g/mol. The van der Waals surface area contributed by atoms with Crippen molar-refractivity contribution in [3.8, 4) is 0 Å². The molecule has 3 nitrogen and oxygen atoms in total. The molecular formula is C31H50O3. The van der Waals surface area contributed by atoms with Gasteiger partial charge in [0, 0.05) is 24.7 Å². The van der Waals surface area contributed by atoms with Gasteiger partial charge in [0.05, 0.1) is 0 Å². The second kappa shape index (κ2) is 9.07. The second-order valence-electron chi connectivity index (χ2n) is 13.8. The maximum atomic E-state index is 12.3. The minimum Gasteiger partial charge on any atom is -0.462 e. The van der Waals surface area contributed by atoms with Crippen LogP contribution in [0.2, 0.25) is 0 Å². The van der Waals surface area contributed by atoms with E-state index in [1.54, 1.807) is 12.5 Å². The van der Waals surface area contributed by atoms with Crippen molar-refractivity contribution in [3.63, 3.8) is 0 Å². The number of hydrogen-bond donors (Lipinski definition) is 0. The highest BCUT2D eigenvalue weighted by molar-refractivity contribution is 5.80. The van der Waals surface area contributed by atoms with Gasteiger partial charge in [0.15, 0.2) is 0 Å². The highest BCUT2D eigenvalue weighted by atomic mass is 16.5. The van der Waals surface area contributed by atoms with Crippen LogP contribution in [0.4, 0.5) is 0 Å². The Morgan fingerprint density at radius 3 is 2.32 bits per heavy atom. The first-order chi connectivity index (χ1) is 15.8. The number of allylic oxidation sites excluding steroid dienone is 2. The van der Waals surface area contributed by atoms with E-state index in [9.17, 15) is 9.59 Å². The molecule has 0 aromatic heterocycles. The number of ether oxygens (including phenoxy) is 1. The summed E-state index contributed by atoms with van der Waals surface area (Å²) in [7, 11) is 0. The zero-order valence-electron chi connectivity index (χ0n) is 23.3. The van der Waals surface area contributed by atoms with Crippen LogP contribution in [0.1, 0.15) is 120 Å². The minimum atomic E-state index is -0.132. The summed E-state index contributed by atoms with van der Waals surface area (Å²) in [4.78, 5) is 24.1. The van der Waals surface area contributed by atoms with Crippen molar-refractivity contribution in [2.75, 3.05) is 0 Å². The van der Waals surface area contributed by atoms with Gasteiger partial charge in [0.25, 0.3) is 0 Å². The first-order valence-corrected chi connectivity index (χ1v) is 14.2. The van der Waals surface area contributed by atoms with E-state index in [1.165, 1.54) is 38.5 Å². The first kappa shape index (κ1) is 26.0. The third-order valence-corrected chi connectivity index (χ3v) is 11.4. The molecule has 0 heterocycles. The van der Waals surface area contributed by atoms with Crippen LogP contribution in [0, 0.1) is 45.8 Å². The molecule has 0 amide bonds. The lowest BCUT2D eigenvalue weighted by atomic mass is 9.45. The van der Waals surface area contributed by atoms with Gasteiger partial charge in [-0.1, -0.05) is 59.6 Å². The maximum absolute atomic E-state index is 12.3. The Labute approximate surface area is 208 Å². The molecule has 192 valence electrons. The lowest BCUT2D eigenvalue weighted by molar-refractivity contribution is -0.167. The van der Waals surface area contributed by atoms with Gasteiger partial charge in [-0.3, -0.25) is 9.59 Å². The van der Waals surface area contributed by atoms with Crippen LogP contribution in [-0.4, -0.2) is 17.9 Å². The van der Waals surface area contributed by atoms with E-state index in [1.807, 2.05) is 19.4 Å². The van der Waals surface area contributed by atoms with Crippen LogP contribution in [-0.2, 0) is 14.3 Å². The quantitative estimate of drug-likeness (QED) is 0.292. The Kier molecular flexibility index (Phi) is 6.93. The summed E-state index contributed by atoms with van der Waals surface area (Å²) in [6, 6.07) is 0. The van der Waals surface area contributed by atoms with Crippen LogP contribution >= 0.6 is 0 Å². The third-order valence-electron chi connectivity index (χ3n) is 11.4. The molecule has 0 aromatic carbocycles. The highest BCUT2D eigenvalue weighted by Gasteiger charge is 2.59. The number of fused-ring (bicyclic) bond motifs is 4. The minimum absolute atomic E-state index is 0.0215. The van der Waals surface area contributed by atoms with E-state index < -0.39 is 0 Å². The largest absolute Gasteiger partial charge is 0.462 e. The molecule has 7 atom stereocenters. The molecule has 2 fully saturated rings. The lowest BCUT2D eigenvalue weighted by Crippen LogP contribution is -2.54. The fourth-order valence-electron chi connectivity index (χ4n) is 9.52. The predicted octanol–water partition coefficient (Wildman–Crippen LogP) is 7.92. The number of carbonyl (C=O) groups is 2. The predicted molar refractivity (Wildman–Crippen MR) is 138 cm³/mol. The summed E-state index contributed by atoms with van der Waals surface area (Å²) in [5.74, 6) is 3.15. The van der Waals surface area contributed by atoms with Crippen molar-refractivity contribution < 1.29 is 14.3 Å². The molecule has 0 unspecified atom stereocenters. The summed E-state index contributed by atoms with van der Waals surface area (Å²) in [5, 5.41) is 0. The molecule has 4 aliphatic rings. The SMILES string of the molecule is CC(=O)O[C@@H]1CC[C@]2(C)C3=C(CC[C@@H]2C1(C)C)[C@@H]1CC[C@H]([C@@H](C)CCC(=O)C(C)C)[C@@]1(C)CC3. The fourth-order valence-corrected chi connectivity index (χ4v) is 9.52. The Morgan fingerprint density at radius 2 is 1.68 bits per heavy atom. The van der Waals surface area contributed by atoms with E-state index in [-0.39, 0.29) is 28.8 Å². The van der Waals surface area contributed by atoms with Crippen LogP contribution < -0.4 is 0 Å². The van der Waals surface area contributed by atoms with Gasteiger partial charge in [-0.05, 0) is 92.3 Å². The van der Waals surface area contributed by atoms with Crippen LogP contribution in [0.5, 0.6) is 0 Å². The second-order valence-corrected chi connectivity index (χ2v) is 13.8. The lowest BCUT2D eigenvalue weighted by Gasteiger charge is -2.60. The summed E-state index contributed by atoms with van der Waals surface area (Å²) in [5.41, 5.74) is 4.29. The molecule has 0 N–H and O–H groups in total. The van der Waals surface area contributed by atoms with Crippen molar-refractivity contribution in [1.82, 2.24) is 0 Å². The molecule has 0 bridgehead atoms. The number of rotatable bonds is 6. The Hall–Kier alpha value is -1.12. The molecule has 4 aliphatic carbocycles. The molecule has 0 aliphatic heterocycles. The summed E-state index contributed by atoms with van der Waals surface area (Å²) in [6.07, 6.45) is 11.7. The molecule has 0 saturated heterocycles. The summed E-state index contributed by atoms with van der Waals surface area (Å²) >= 11 is 0. The van der Waals surface area contributed by atoms with Crippen LogP contribution in [0.3, 0.4) is 0 Å². The van der Waals surface area contributed by atoms with E-state index in [0.717, 1.165) is 37.5 Å². The molecule has 0 radical (unpaired) electrons. The Morgan fingerprint density at radius 1 is 0.971 bits per heavy atom. The molecule has 0 aromatic rings. The third kappa shape index (κ3) is 4.11. The van der Waals surface area contributed by atoms with Crippen LogP contribution in [0.15, 0.2) is 11.1 Å². The summed E-state index contributed by atoms with van der Waals surface area (Å²) in [6.45, 7) is 17.9. The molecule has 2 saturated carbocycles. The smallest absolute Gasteiger partial charge is 0.302 e. The molecule has 4 rings (SSSR count). The topological polar surface area (TPSA) is 43.4 Å². The van der Waals surface area contributed by atoms with Gasteiger partial charge < -0.3 is 4.74 Å². The normalized spacial score (nSPS) is 39.8. The van der Waals surface area contributed by atoms with Crippen LogP contribution in [0.25, 0.3) is 0 Å². The van der Waals surface area contributed by atoms with Gasteiger partial charge in [-0.15, -0.1) is 0 Å². The van der Waals surface area contributed by atoms with E-state index >= 15 is 0 Å². The fraction of sp³-hybridized carbons (Fsp3) is 0.871. The number of ketones is 1. The van der Waals surface area contributed by atoms with Gasteiger partial charge in [-0.2, -0.15) is 0 Å². The van der Waals surface area contributed by atoms with E-state index in [0.29, 0.717) is 23.0 Å². The number of esters is 1. The van der Waals surface area contributed by atoms with Crippen molar-refractivity contribution in [1.29, 1.82) is 0 Å².